The minimum absolute atomic E-state index is 0.102. The van der Waals surface area contributed by atoms with Crippen molar-refractivity contribution in [2.45, 2.75) is 18.2 Å². The van der Waals surface area contributed by atoms with Crippen molar-refractivity contribution in [1.29, 1.82) is 0 Å². The topological polar surface area (TPSA) is 49.2 Å². The highest BCUT2D eigenvalue weighted by atomic mass is 35.5. The molecule has 24 heavy (non-hydrogen) atoms. The molecule has 2 aromatic carbocycles. The number of nitrogen functional groups attached to an aromatic ring is 1. The first kappa shape index (κ1) is 16.9. The molecule has 0 amide bonds. The van der Waals surface area contributed by atoms with Crippen molar-refractivity contribution in [1.82, 2.24) is 0 Å². The Morgan fingerprint density at radius 1 is 1.04 bits per heavy atom. The Morgan fingerprint density at radius 2 is 1.62 bits per heavy atom. The molecule has 0 fully saturated rings. The van der Waals surface area contributed by atoms with E-state index >= 15 is 0 Å². The SMILES string of the molecule is Nc1ccc(C2=[NH+]OC(c3cc(Cl)cc(Cl)c3)(C(F)(F)F)C2)cc1. The molecule has 3 rings (SSSR count). The van der Waals surface area contributed by atoms with Crippen LogP contribution in [0.1, 0.15) is 17.5 Å². The van der Waals surface area contributed by atoms with E-state index in [0.29, 0.717) is 17.0 Å². The quantitative estimate of drug-likeness (QED) is 0.791. The molecular formula is C16H12Cl2F3N2O+. The first-order valence-corrected chi connectivity index (χ1v) is 7.66. The van der Waals surface area contributed by atoms with Crippen molar-refractivity contribution in [2.75, 3.05) is 5.73 Å². The maximum atomic E-state index is 13.8. The van der Waals surface area contributed by atoms with Gasteiger partial charge in [-0.15, -0.1) is 0 Å². The number of rotatable bonds is 2. The molecule has 0 aromatic heterocycles. The van der Waals surface area contributed by atoms with Crippen LogP contribution in [0.5, 0.6) is 0 Å². The molecule has 1 aliphatic rings. The zero-order chi connectivity index (χ0) is 17.5. The molecule has 126 valence electrons. The summed E-state index contributed by atoms with van der Waals surface area (Å²) < 4.78 is 41.5. The minimum atomic E-state index is -4.68. The summed E-state index contributed by atoms with van der Waals surface area (Å²) in [6.45, 7) is 0. The lowest BCUT2D eigenvalue weighted by Gasteiger charge is -2.26. The number of benzene rings is 2. The number of anilines is 1. The first-order valence-electron chi connectivity index (χ1n) is 6.90. The molecule has 2 aromatic rings. The molecule has 8 heteroatoms. The van der Waals surface area contributed by atoms with Crippen molar-refractivity contribution in [2.24, 2.45) is 0 Å². The fourth-order valence-electron chi connectivity index (χ4n) is 2.58. The summed E-state index contributed by atoms with van der Waals surface area (Å²) in [4.78, 5) is 5.04. The third kappa shape index (κ3) is 2.91. The summed E-state index contributed by atoms with van der Waals surface area (Å²) in [6, 6.07) is 10.2. The highest BCUT2D eigenvalue weighted by Gasteiger charge is 2.65. The maximum absolute atomic E-state index is 13.8. The van der Waals surface area contributed by atoms with Crippen LogP contribution in [0.15, 0.2) is 42.5 Å². The molecule has 3 N–H and O–H groups in total. The van der Waals surface area contributed by atoms with E-state index in [2.05, 4.69) is 5.16 Å². The predicted octanol–water partition coefficient (Wildman–Crippen LogP) is 3.24. The molecule has 0 saturated heterocycles. The van der Waals surface area contributed by atoms with Gasteiger partial charge in [-0.3, -0.25) is 4.84 Å². The second-order valence-electron chi connectivity index (χ2n) is 5.46. The number of hydrogen-bond acceptors (Lipinski definition) is 2. The van der Waals surface area contributed by atoms with E-state index < -0.39 is 18.2 Å². The summed E-state index contributed by atoms with van der Waals surface area (Å²) in [5.74, 6) is 0. The number of hydrogen-bond donors (Lipinski definition) is 2. The van der Waals surface area contributed by atoms with E-state index in [9.17, 15) is 13.2 Å². The average molecular weight is 376 g/mol. The fraction of sp³-hybridized carbons (Fsp3) is 0.188. The number of alkyl halides is 3. The maximum Gasteiger partial charge on any atom is 0.440 e. The molecule has 0 radical (unpaired) electrons. The van der Waals surface area contributed by atoms with Crippen LogP contribution >= 0.6 is 23.2 Å². The summed E-state index contributed by atoms with van der Waals surface area (Å²) in [5, 5.41) is 2.60. The molecule has 0 saturated carbocycles. The fourth-order valence-corrected chi connectivity index (χ4v) is 3.11. The third-order valence-corrected chi connectivity index (χ3v) is 4.26. The van der Waals surface area contributed by atoms with Crippen molar-refractivity contribution in [3.05, 3.63) is 63.6 Å². The first-order chi connectivity index (χ1) is 11.2. The molecule has 1 unspecified atom stereocenters. The zero-order valence-electron chi connectivity index (χ0n) is 12.1. The van der Waals surface area contributed by atoms with Crippen LogP contribution in [0.2, 0.25) is 10.0 Å². The van der Waals surface area contributed by atoms with E-state index in [-0.39, 0.29) is 15.6 Å². The summed E-state index contributed by atoms with van der Waals surface area (Å²) in [7, 11) is 0. The Balaban J connectivity index is 2.03. The van der Waals surface area contributed by atoms with Gasteiger partial charge in [-0.2, -0.15) is 13.2 Å². The summed E-state index contributed by atoms with van der Waals surface area (Å²) in [6.07, 6.45) is -5.11. The van der Waals surface area contributed by atoms with Crippen LogP contribution in [0, 0.1) is 0 Å². The van der Waals surface area contributed by atoms with Gasteiger partial charge in [-0.1, -0.05) is 23.2 Å². The van der Waals surface area contributed by atoms with Gasteiger partial charge in [0.05, 0.1) is 6.42 Å². The van der Waals surface area contributed by atoms with Gasteiger partial charge in [0.15, 0.2) is 0 Å². The van der Waals surface area contributed by atoms with Gasteiger partial charge in [0.2, 0.25) is 5.71 Å². The van der Waals surface area contributed by atoms with E-state index in [0.717, 1.165) is 0 Å². The lowest BCUT2D eigenvalue weighted by Crippen LogP contribution is -2.70. The van der Waals surface area contributed by atoms with Gasteiger partial charge in [-0.05, 0) is 47.6 Å². The molecule has 3 nitrogen and oxygen atoms in total. The monoisotopic (exact) mass is 375 g/mol. The van der Waals surface area contributed by atoms with E-state index in [1.807, 2.05) is 0 Å². The summed E-state index contributed by atoms with van der Waals surface area (Å²) >= 11 is 11.7. The van der Waals surface area contributed by atoms with Crippen LogP contribution < -0.4 is 10.9 Å². The Morgan fingerprint density at radius 3 is 2.17 bits per heavy atom. The smallest absolute Gasteiger partial charge is 0.399 e. The molecule has 0 aliphatic carbocycles. The van der Waals surface area contributed by atoms with Crippen LogP contribution in [0.25, 0.3) is 0 Å². The Kier molecular flexibility index (Phi) is 4.13. The zero-order valence-corrected chi connectivity index (χ0v) is 13.6. The standard InChI is InChI=1S/C16H11Cl2F3N2O/c17-11-5-10(6-12(18)7-11)15(16(19,20)21)8-14(23-24-15)9-1-3-13(22)4-2-9/h1-7H,8,22H2/p+1. The minimum Gasteiger partial charge on any atom is -0.399 e. The number of nitrogens with one attached hydrogen (secondary N) is 1. The van der Waals surface area contributed by atoms with Gasteiger partial charge >= 0.3 is 11.8 Å². The highest BCUT2D eigenvalue weighted by Crippen LogP contribution is 2.46. The Hall–Kier alpha value is -1.92. The van der Waals surface area contributed by atoms with E-state index in [1.165, 1.54) is 18.2 Å². The van der Waals surface area contributed by atoms with E-state index in [4.69, 9.17) is 33.8 Å². The van der Waals surface area contributed by atoms with Crippen LogP contribution in [0.4, 0.5) is 18.9 Å². The van der Waals surface area contributed by atoms with Gasteiger partial charge in [0, 0.05) is 26.9 Å². The van der Waals surface area contributed by atoms with Crippen molar-refractivity contribution in [3.8, 4) is 0 Å². The molecule has 1 atom stereocenters. The van der Waals surface area contributed by atoms with Gasteiger partial charge in [-0.25, -0.2) is 0 Å². The van der Waals surface area contributed by atoms with Crippen LogP contribution in [-0.4, -0.2) is 11.9 Å². The number of halogens is 5. The van der Waals surface area contributed by atoms with Gasteiger partial charge < -0.3 is 5.73 Å². The van der Waals surface area contributed by atoms with Gasteiger partial charge in [0.1, 0.15) is 0 Å². The molecule has 0 spiro atoms. The van der Waals surface area contributed by atoms with E-state index in [1.54, 1.807) is 24.3 Å². The lowest BCUT2D eigenvalue weighted by atomic mass is 9.86. The predicted molar refractivity (Wildman–Crippen MR) is 85.8 cm³/mol. The third-order valence-electron chi connectivity index (χ3n) is 3.82. The normalized spacial score (nSPS) is 20.6. The average Bonchev–Trinajstić information content (AvgIpc) is 2.93. The second kappa shape index (κ2) is 5.86. The largest absolute Gasteiger partial charge is 0.440 e. The van der Waals surface area contributed by atoms with Crippen molar-refractivity contribution in [3.63, 3.8) is 0 Å². The highest BCUT2D eigenvalue weighted by molar-refractivity contribution is 6.34. The summed E-state index contributed by atoms with van der Waals surface area (Å²) in [5.41, 5.74) is 4.24. The second-order valence-corrected chi connectivity index (χ2v) is 6.34. The van der Waals surface area contributed by atoms with Crippen LogP contribution in [-0.2, 0) is 10.4 Å². The number of nitrogens with two attached hydrogens (primary N) is 1. The molecular weight excluding hydrogens is 364 g/mol. The van der Waals surface area contributed by atoms with Gasteiger partial charge in [0.25, 0.3) is 0 Å². The Bertz CT molecular complexity index is 786. The lowest BCUT2D eigenvalue weighted by molar-refractivity contribution is -0.776. The van der Waals surface area contributed by atoms with Crippen molar-refractivity contribution >= 4 is 34.6 Å². The molecule has 1 heterocycles. The molecule has 0 bridgehead atoms. The van der Waals surface area contributed by atoms with Crippen LogP contribution in [0.3, 0.4) is 0 Å². The Labute approximate surface area is 145 Å². The van der Waals surface area contributed by atoms with Crippen molar-refractivity contribution < 1.29 is 23.2 Å². The molecule has 1 aliphatic heterocycles.